The number of rotatable bonds is 7. The standard InChI is InChI=1S/C28H21ClFNO5S/c1-2-35-28(34)24-25(32)23(37-27(24)31-26(33)20-8-4-5-9-21(20)29)15-18-7-3-6-10-22(18)36-16-17-11-13-19(30)14-12-17/h3-15,32H,2,16H2,1H3/b23-15-,31-27?. The molecule has 37 heavy (non-hydrogen) atoms. The minimum Gasteiger partial charge on any atom is -0.506 e. The Hall–Kier alpha value is -3.88. The molecule has 1 aliphatic heterocycles. The Kier molecular flexibility index (Phi) is 8.43. The van der Waals surface area contributed by atoms with Crippen LogP contribution in [0, 0.1) is 5.82 Å². The SMILES string of the molecule is CCOC(=O)C1=C(O)/C(=C/c2ccccc2OCc2ccc(F)cc2)SC1=NC(=O)c1ccccc1Cl. The topological polar surface area (TPSA) is 85.2 Å². The average Bonchev–Trinajstić information content (AvgIpc) is 3.19. The number of benzene rings is 3. The molecule has 0 saturated heterocycles. The van der Waals surface area contributed by atoms with Crippen molar-refractivity contribution in [3.63, 3.8) is 0 Å². The lowest BCUT2D eigenvalue weighted by atomic mass is 10.1. The van der Waals surface area contributed by atoms with Gasteiger partial charge in [-0.05, 0) is 48.9 Å². The zero-order chi connectivity index (χ0) is 26.4. The molecule has 3 aromatic carbocycles. The summed E-state index contributed by atoms with van der Waals surface area (Å²) < 4.78 is 24.2. The highest BCUT2D eigenvalue weighted by Crippen LogP contribution is 2.40. The van der Waals surface area contributed by atoms with E-state index in [9.17, 15) is 19.1 Å². The number of hydrogen-bond acceptors (Lipinski definition) is 6. The normalized spacial score (nSPS) is 15.3. The molecule has 0 aromatic heterocycles. The van der Waals surface area contributed by atoms with Gasteiger partial charge in [-0.1, -0.05) is 65.8 Å². The van der Waals surface area contributed by atoms with Crippen LogP contribution in [0.2, 0.25) is 5.02 Å². The van der Waals surface area contributed by atoms with Crippen LogP contribution in [0.1, 0.15) is 28.4 Å². The second-order valence-electron chi connectivity index (χ2n) is 7.71. The first-order chi connectivity index (χ1) is 17.9. The van der Waals surface area contributed by atoms with Crippen molar-refractivity contribution in [2.45, 2.75) is 13.5 Å². The second kappa shape index (κ2) is 11.9. The molecule has 1 heterocycles. The van der Waals surface area contributed by atoms with E-state index in [4.69, 9.17) is 21.1 Å². The van der Waals surface area contributed by atoms with Crippen LogP contribution in [0.15, 0.2) is 94.0 Å². The maximum Gasteiger partial charge on any atom is 0.344 e. The third kappa shape index (κ3) is 6.28. The zero-order valence-corrected chi connectivity index (χ0v) is 21.2. The number of carbonyl (C=O) groups is 2. The highest BCUT2D eigenvalue weighted by molar-refractivity contribution is 8.18. The van der Waals surface area contributed by atoms with Gasteiger partial charge in [0.05, 0.1) is 22.1 Å². The average molecular weight is 538 g/mol. The Morgan fingerprint density at radius 3 is 2.49 bits per heavy atom. The summed E-state index contributed by atoms with van der Waals surface area (Å²) in [4.78, 5) is 29.8. The molecule has 0 spiro atoms. The number of aliphatic hydroxyl groups excluding tert-OH is 1. The van der Waals surface area contributed by atoms with Crippen molar-refractivity contribution < 1.29 is 28.6 Å². The van der Waals surface area contributed by atoms with Gasteiger partial charge in [0.15, 0.2) is 0 Å². The van der Waals surface area contributed by atoms with E-state index in [1.54, 1.807) is 67.6 Å². The molecule has 0 radical (unpaired) electrons. The van der Waals surface area contributed by atoms with Crippen LogP contribution >= 0.6 is 23.4 Å². The predicted octanol–water partition coefficient (Wildman–Crippen LogP) is 6.76. The molecule has 188 valence electrons. The van der Waals surface area contributed by atoms with E-state index in [1.807, 2.05) is 0 Å². The molecule has 3 aromatic rings. The Balaban J connectivity index is 1.66. The number of nitrogens with zero attached hydrogens (tertiary/aromatic N) is 1. The fraction of sp³-hybridized carbons (Fsp3) is 0.107. The molecule has 0 bridgehead atoms. The van der Waals surface area contributed by atoms with Crippen LogP contribution in [-0.2, 0) is 16.1 Å². The van der Waals surface area contributed by atoms with Gasteiger partial charge in [0.1, 0.15) is 34.5 Å². The third-order valence-electron chi connectivity index (χ3n) is 5.19. The van der Waals surface area contributed by atoms with Gasteiger partial charge in [-0.25, -0.2) is 14.2 Å². The smallest absolute Gasteiger partial charge is 0.344 e. The molecule has 6 nitrogen and oxygen atoms in total. The Morgan fingerprint density at radius 1 is 1.05 bits per heavy atom. The largest absolute Gasteiger partial charge is 0.506 e. The van der Waals surface area contributed by atoms with Gasteiger partial charge in [0.2, 0.25) is 0 Å². The molecule has 4 rings (SSSR count). The van der Waals surface area contributed by atoms with Gasteiger partial charge in [-0.3, -0.25) is 4.79 Å². The molecular formula is C28H21ClFNO5S. The van der Waals surface area contributed by atoms with Crippen molar-refractivity contribution in [1.29, 1.82) is 0 Å². The first-order valence-corrected chi connectivity index (χ1v) is 12.4. The number of esters is 1. The molecule has 1 amide bonds. The quantitative estimate of drug-likeness (QED) is 0.335. The molecule has 0 fully saturated rings. The number of carbonyl (C=O) groups excluding carboxylic acids is 2. The molecular weight excluding hydrogens is 517 g/mol. The molecule has 0 aliphatic carbocycles. The fourth-order valence-corrected chi connectivity index (χ4v) is 4.61. The van der Waals surface area contributed by atoms with Crippen molar-refractivity contribution in [2.75, 3.05) is 6.61 Å². The van der Waals surface area contributed by atoms with Crippen LogP contribution in [0.4, 0.5) is 4.39 Å². The van der Waals surface area contributed by atoms with Crippen molar-refractivity contribution >= 4 is 46.4 Å². The number of thioether (sulfide) groups is 1. The summed E-state index contributed by atoms with van der Waals surface area (Å²) in [5, 5.41) is 11.1. The van der Waals surface area contributed by atoms with Crippen molar-refractivity contribution in [3.8, 4) is 5.75 Å². The summed E-state index contributed by atoms with van der Waals surface area (Å²) in [6, 6.07) is 19.5. The number of aliphatic hydroxyl groups is 1. The summed E-state index contributed by atoms with van der Waals surface area (Å²) in [5.74, 6) is -1.66. The first-order valence-electron chi connectivity index (χ1n) is 11.2. The third-order valence-corrected chi connectivity index (χ3v) is 6.54. The van der Waals surface area contributed by atoms with Crippen LogP contribution in [0.25, 0.3) is 6.08 Å². The number of para-hydroxylation sites is 1. The Labute approximate surface area is 222 Å². The van der Waals surface area contributed by atoms with Gasteiger partial charge in [-0.15, -0.1) is 0 Å². The van der Waals surface area contributed by atoms with Crippen LogP contribution in [-0.4, -0.2) is 28.6 Å². The van der Waals surface area contributed by atoms with E-state index in [0.717, 1.165) is 17.3 Å². The van der Waals surface area contributed by atoms with Crippen LogP contribution in [0.5, 0.6) is 5.75 Å². The monoisotopic (exact) mass is 537 g/mol. The number of aliphatic imine (C=N–C) groups is 1. The zero-order valence-electron chi connectivity index (χ0n) is 19.6. The van der Waals surface area contributed by atoms with E-state index in [2.05, 4.69) is 4.99 Å². The molecule has 9 heteroatoms. The summed E-state index contributed by atoms with van der Waals surface area (Å²) in [7, 11) is 0. The predicted molar refractivity (Wildman–Crippen MR) is 142 cm³/mol. The Morgan fingerprint density at radius 2 is 1.76 bits per heavy atom. The molecule has 0 saturated carbocycles. The van der Waals surface area contributed by atoms with Gasteiger partial charge in [-0.2, -0.15) is 0 Å². The highest BCUT2D eigenvalue weighted by Gasteiger charge is 2.34. The lowest BCUT2D eigenvalue weighted by molar-refractivity contribution is -0.138. The minimum absolute atomic E-state index is 0.00293. The summed E-state index contributed by atoms with van der Waals surface area (Å²) >= 11 is 7.08. The summed E-state index contributed by atoms with van der Waals surface area (Å²) in [6.45, 7) is 1.91. The molecule has 1 N–H and O–H groups in total. The lowest BCUT2D eigenvalue weighted by Gasteiger charge is -2.10. The number of hydrogen-bond donors (Lipinski definition) is 1. The van der Waals surface area contributed by atoms with Crippen molar-refractivity contribution in [1.82, 2.24) is 0 Å². The maximum absolute atomic E-state index is 13.2. The molecule has 1 aliphatic rings. The summed E-state index contributed by atoms with van der Waals surface area (Å²) in [6.07, 6.45) is 1.63. The first kappa shape index (κ1) is 26.2. The van der Waals surface area contributed by atoms with E-state index in [1.165, 1.54) is 18.2 Å². The van der Waals surface area contributed by atoms with E-state index >= 15 is 0 Å². The fourth-order valence-electron chi connectivity index (χ4n) is 3.39. The van der Waals surface area contributed by atoms with Gasteiger partial charge in [0.25, 0.3) is 5.91 Å². The van der Waals surface area contributed by atoms with Gasteiger partial charge in [0, 0.05) is 5.56 Å². The van der Waals surface area contributed by atoms with Crippen LogP contribution < -0.4 is 4.74 Å². The Bertz CT molecular complexity index is 1430. The minimum atomic E-state index is -0.803. The van der Waals surface area contributed by atoms with Crippen molar-refractivity contribution in [3.05, 3.63) is 117 Å². The lowest BCUT2D eigenvalue weighted by Crippen LogP contribution is -2.14. The van der Waals surface area contributed by atoms with E-state index < -0.39 is 11.9 Å². The van der Waals surface area contributed by atoms with E-state index in [0.29, 0.717) is 11.3 Å². The highest BCUT2D eigenvalue weighted by atomic mass is 35.5. The van der Waals surface area contributed by atoms with Gasteiger partial charge < -0.3 is 14.6 Å². The second-order valence-corrected chi connectivity index (χ2v) is 9.15. The molecule has 0 atom stereocenters. The van der Waals surface area contributed by atoms with Crippen molar-refractivity contribution in [2.24, 2.45) is 4.99 Å². The van der Waals surface area contributed by atoms with Gasteiger partial charge >= 0.3 is 5.97 Å². The summed E-state index contributed by atoms with van der Waals surface area (Å²) in [5.41, 5.74) is 1.35. The number of amides is 1. The molecule has 0 unspecified atom stereocenters. The van der Waals surface area contributed by atoms with E-state index in [-0.39, 0.29) is 50.9 Å². The number of halogens is 2. The maximum atomic E-state index is 13.2. The van der Waals surface area contributed by atoms with Crippen LogP contribution in [0.3, 0.4) is 0 Å². The number of ether oxygens (including phenoxy) is 2.